The average Bonchev–Trinajstić information content (AvgIpc) is 2.98. The number of rotatable bonds is 9. The molecule has 0 unspecified atom stereocenters. The van der Waals surface area contributed by atoms with E-state index >= 15 is 0 Å². The number of piperidine rings is 1. The van der Waals surface area contributed by atoms with Crippen LogP contribution in [0.1, 0.15) is 31.2 Å². The molecule has 0 spiro atoms. The van der Waals surface area contributed by atoms with E-state index < -0.39 is 0 Å². The summed E-state index contributed by atoms with van der Waals surface area (Å²) in [7, 11) is 1.69. The normalized spacial score (nSPS) is 16.6. The molecule has 2 aliphatic rings. The molecule has 7 nitrogen and oxygen atoms in total. The smallest absolute Gasteiger partial charge is 0.163 e. The van der Waals surface area contributed by atoms with Crippen LogP contribution in [0.4, 0.5) is 5.82 Å². The third-order valence-electron chi connectivity index (χ3n) is 7.27. The highest BCUT2D eigenvalue weighted by molar-refractivity contribution is 8.22. The van der Waals surface area contributed by atoms with Gasteiger partial charge in [0.2, 0.25) is 0 Å². The summed E-state index contributed by atoms with van der Waals surface area (Å²) in [4.78, 5) is 16.4. The number of fused-ring (bicyclic) bond motifs is 1. The molecule has 0 amide bonds. The highest BCUT2D eigenvalue weighted by atomic mass is 32.2. The predicted octanol–water partition coefficient (Wildman–Crippen LogP) is 5.23. The van der Waals surface area contributed by atoms with Crippen LogP contribution in [0, 0.1) is 0 Å². The van der Waals surface area contributed by atoms with Crippen LogP contribution in [-0.2, 0) is 5.75 Å². The molecule has 202 valence electrons. The Morgan fingerprint density at radius 1 is 0.947 bits per heavy atom. The van der Waals surface area contributed by atoms with Gasteiger partial charge in [-0.1, -0.05) is 60.7 Å². The lowest BCUT2D eigenvalue weighted by molar-refractivity contribution is 0.203. The van der Waals surface area contributed by atoms with E-state index in [0.29, 0.717) is 6.61 Å². The number of benzene rings is 2. The predicted molar refractivity (Wildman–Crippen MR) is 161 cm³/mol. The van der Waals surface area contributed by atoms with E-state index in [1.807, 2.05) is 18.2 Å². The lowest BCUT2D eigenvalue weighted by Crippen LogP contribution is -2.48. The fourth-order valence-electron chi connectivity index (χ4n) is 5.14. The first-order chi connectivity index (χ1) is 18.7. The Bertz CT molecular complexity index is 1200. The maximum absolute atomic E-state index is 6.16. The fraction of sp³-hybridized carbons (Fsp3) is 0.483. The van der Waals surface area contributed by atoms with Crippen LogP contribution in [0.15, 0.2) is 48.8 Å². The fourth-order valence-corrected chi connectivity index (χ4v) is 6.35. The molecule has 0 aliphatic carbocycles. The minimum atomic E-state index is 0.667. The standard InChI is InChI=1S/C29H37N5O2S2/c1-35-26-19-24-25(20-27(26)36-18-8-13-32-11-6-3-7-12-32)30-22-31-28(24)33-14-16-34(17-15-33)29(37)38-21-23-9-4-2-5-10-23/h2,4-5,9-10,19-20,22H,3,6-8,11-18,21H2,1H3. The second kappa shape index (κ2) is 13.4. The molecule has 1 aromatic heterocycles. The lowest BCUT2D eigenvalue weighted by Gasteiger charge is -2.36. The second-order valence-electron chi connectivity index (χ2n) is 9.84. The van der Waals surface area contributed by atoms with Gasteiger partial charge in [-0.2, -0.15) is 0 Å². The van der Waals surface area contributed by atoms with Gasteiger partial charge in [-0.05, 0) is 44.0 Å². The summed E-state index contributed by atoms with van der Waals surface area (Å²) in [5.41, 5.74) is 2.17. The van der Waals surface area contributed by atoms with Crippen LogP contribution < -0.4 is 14.4 Å². The van der Waals surface area contributed by atoms with Gasteiger partial charge in [-0.3, -0.25) is 0 Å². The highest BCUT2D eigenvalue weighted by Crippen LogP contribution is 2.35. The van der Waals surface area contributed by atoms with Crippen molar-refractivity contribution < 1.29 is 9.47 Å². The van der Waals surface area contributed by atoms with Crippen molar-refractivity contribution in [2.75, 3.05) is 64.4 Å². The number of piperazine rings is 1. The summed E-state index contributed by atoms with van der Waals surface area (Å²) in [5.74, 6) is 3.31. The van der Waals surface area contributed by atoms with Crippen LogP contribution in [0.5, 0.6) is 11.5 Å². The maximum atomic E-state index is 6.16. The van der Waals surface area contributed by atoms with Crippen molar-refractivity contribution in [3.63, 3.8) is 0 Å². The van der Waals surface area contributed by atoms with Crippen molar-refractivity contribution in [3.8, 4) is 11.5 Å². The lowest BCUT2D eigenvalue weighted by atomic mass is 10.1. The Kier molecular flexibility index (Phi) is 9.54. The van der Waals surface area contributed by atoms with Crippen molar-refractivity contribution in [2.45, 2.75) is 31.4 Å². The Morgan fingerprint density at radius 2 is 1.74 bits per heavy atom. The molecule has 3 heterocycles. The van der Waals surface area contributed by atoms with Gasteiger partial charge in [0.25, 0.3) is 0 Å². The Balaban J connectivity index is 1.18. The van der Waals surface area contributed by atoms with Crippen molar-refractivity contribution >= 4 is 45.0 Å². The number of thiocarbonyl (C=S) groups is 1. The van der Waals surface area contributed by atoms with E-state index in [1.165, 1.54) is 37.9 Å². The number of hydrogen-bond donors (Lipinski definition) is 0. The molecule has 0 bridgehead atoms. The summed E-state index contributed by atoms with van der Waals surface area (Å²) >= 11 is 7.48. The van der Waals surface area contributed by atoms with E-state index in [0.717, 1.165) is 77.4 Å². The van der Waals surface area contributed by atoms with Gasteiger partial charge in [-0.15, -0.1) is 0 Å². The number of methoxy groups -OCH3 is 1. The number of thioether (sulfide) groups is 1. The van der Waals surface area contributed by atoms with Crippen LogP contribution in [-0.4, -0.2) is 83.6 Å². The molecule has 2 aromatic carbocycles. The maximum Gasteiger partial charge on any atom is 0.163 e. The quantitative estimate of drug-likeness (QED) is 0.263. The van der Waals surface area contributed by atoms with Gasteiger partial charge < -0.3 is 24.2 Å². The molecule has 9 heteroatoms. The Hall–Kier alpha value is -2.62. The van der Waals surface area contributed by atoms with Crippen LogP contribution in [0.2, 0.25) is 0 Å². The molecule has 0 radical (unpaired) electrons. The first-order valence-corrected chi connectivity index (χ1v) is 15.0. The molecule has 3 aromatic rings. The van der Waals surface area contributed by atoms with Gasteiger partial charge in [0.1, 0.15) is 16.5 Å². The number of nitrogens with zero attached hydrogens (tertiary/aromatic N) is 5. The molecule has 0 atom stereocenters. The van der Waals surface area contributed by atoms with E-state index in [1.54, 1.807) is 25.2 Å². The molecular weight excluding hydrogens is 514 g/mol. The minimum absolute atomic E-state index is 0.667. The molecule has 38 heavy (non-hydrogen) atoms. The molecule has 0 N–H and O–H groups in total. The van der Waals surface area contributed by atoms with Gasteiger partial charge in [0.15, 0.2) is 11.5 Å². The number of ether oxygens (including phenoxy) is 2. The van der Waals surface area contributed by atoms with Crippen LogP contribution in [0.3, 0.4) is 0 Å². The molecule has 2 aliphatic heterocycles. The number of likely N-dealkylation sites (tertiary alicyclic amines) is 1. The van der Waals surface area contributed by atoms with Crippen molar-refractivity contribution in [3.05, 3.63) is 54.4 Å². The van der Waals surface area contributed by atoms with Gasteiger partial charge in [0.05, 0.1) is 19.2 Å². The molecule has 2 fully saturated rings. The van der Waals surface area contributed by atoms with Crippen molar-refractivity contribution in [2.24, 2.45) is 0 Å². The van der Waals surface area contributed by atoms with E-state index in [9.17, 15) is 0 Å². The third-order valence-corrected chi connectivity index (χ3v) is 8.86. The first kappa shape index (κ1) is 27.0. The zero-order chi connectivity index (χ0) is 26.2. The van der Waals surface area contributed by atoms with Crippen molar-refractivity contribution in [1.82, 2.24) is 19.8 Å². The van der Waals surface area contributed by atoms with E-state index in [-0.39, 0.29) is 0 Å². The highest BCUT2D eigenvalue weighted by Gasteiger charge is 2.23. The zero-order valence-corrected chi connectivity index (χ0v) is 23.8. The van der Waals surface area contributed by atoms with Gasteiger partial charge >= 0.3 is 0 Å². The topological polar surface area (TPSA) is 54.0 Å². The molecule has 2 saturated heterocycles. The summed E-state index contributed by atoms with van der Waals surface area (Å²) in [6.07, 6.45) is 6.65. The average molecular weight is 552 g/mol. The number of hydrogen-bond acceptors (Lipinski definition) is 8. The van der Waals surface area contributed by atoms with E-state index in [4.69, 9.17) is 21.7 Å². The van der Waals surface area contributed by atoms with Crippen LogP contribution >= 0.6 is 24.0 Å². The monoisotopic (exact) mass is 551 g/mol. The second-order valence-corrected chi connectivity index (χ2v) is 11.4. The SMILES string of the molecule is COc1cc2c(N3CCN(C(=S)SCc4ccccc4)CC3)ncnc2cc1OCCCN1CCCCC1. The number of anilines is 1. The zero-order valence-electron chi connectivity index (χ0n) is 22.2. The number of aromatic nitrogens is 2. The Morgan fingerprint density at radius 3 is 2.50 bits per heavy atom. The molecule has 5 rings (SSSR count). The van der Waals surface area contributed by atoms with Gasteiger partial charge in [-0.25, -0.2) is 9.97 Å². The van der Waals surface area contributed by atoms with Gasteiger partial charge in [0, 0.05) is 49.9 Å². The molecule has 0 saturated carbocycles. The summed E-state index contributed by atoms with van der Waals surface area (Å²) in [6, 6.07) is 14.5. The largest absolute Gasteiger partial charge is 0.493 e. The van der Waals surface area contributed by atoms with Crippen LogP contribution in [0.25, 0.3) is 10.9 Å². The summed E-state index contributed by atoms with van der Waals surface area (Å²) in [6.45, 7) is 7.65. The summed E-state index contributed by atoms with van der Waals surface area (Å²) < 4.78 is 12.8. The third kappa shape index (κ3) is 6.87. The Labute approximate surface area is 235 Å². The van der Waals surface area contributed by atoms with Crippen molar-refractivity contribution in [1.29, 1.82) is 0 Å². The minimum Gasteiger partial charge on any atom is -0.493 e. The van der Waals surface area contributed by atoms with E-state index in [2.05, 4.69) is 48.9 Å². The summed E-state index contributed by atoms with van der Waals surface area (Å²) in [5, 5.41) is 0.986. The molecular formula is C29H37N5O2S2. The first-order valence-electron chi connectivity index (χ1n) is 13.6.